The minimum absolute atomic E-state index is 0.0306. The molecule has 0 amide bonds. The Morgan fingerprint density at radius 3 is 2.30 bits per heavy atom. The molecule has 0 aliphatic heterocycles. The van der Waals surface area contributed by atoms with Crippen LogP contribution in [-0.2, 0) is 0 Å². The number of rotatable bonds is 3. The van der Waals surface area contributed by atoms with Gasteiger partial charge in [0, 0.05) is 22.7 Å². The fourth-order valence-corrected chi connectivity index (χ4v) is 2.26. The molecular weight excluding hydrogens is 250 g/mol. The zero-order chi connectivity index (χ0) is 13.9. The lowest BCUT2D eigenvalue weighted by atomic mass is 9.99. The van der Waals surface area contributed by atoms with E-state index >= 15 is 0 Å². The fraction of sp³-hybridized carbons (Fsp3) is 0.0588. The standard InChI is InChI=1S/C17H13NO2/c1-20-17-14-10-6-5-9-13(14)15(11-18-17)16(19)12-7-3-2-4-8-12/h2-11H,1H3. The van der Waals surface area contributed by atoms with Crippen LogP contribution in [0.25, 0.3) is 10.8 Å². The van der Waals surface area contributed by atoms with E-state index in [1.807, 2.05) is 42.5 Å². The summed E-state index contributed by atoms with van der Waals surface area (Å²) < 4.78 is 5.25. The largest absolute Gasteiger partial charge is 0.481 e. The number of carbonyl (C=O) groups excluding carboxylic acids is 1. The Balaban J connectivity index is 2.20. The number of ketones is 1. The monoisotopic (exact) mass is 263 g/mol. The van der Waals surface area contributed by atoms with Gasteiger partial charge < -0.3 is 4.74 Å². The van der Waals surface area contributed by atoms with Crippen molar-refractivity contribution in [3.8, 4) is 5.88 Å². The summed E-state index contributed by atoms with van der Waals surface area (Å²) in [6.45, 7) is 0. The van der Waals surface area contributed by atoms with Gasteiger partial charge in [-0.05, 0) is 11.5 Å². The number of aromatic nitrogens is 1. The summed E-state index contributed by atoms with van der Waals surface area (Å²) in [5.41, 5.74) is 1.25. The number of hydrogen-bond donors (Lipinski definition) is 0. The van der Waals surface area contributed by atoms with Gasteiger partial charge >= 0.3 is 0 Å². The Labute approximate surface area is 116 Å². The van der Waals surface area contributed by atoms with Gasteiger partial charge in [-0.1, -0.05) is 48.5 Å². The van der Waals surface area contributed by atoms with Gasteiger partial charge in [0.15, 0.2) is 5.78 Å². The molecule has 2 aromatic carbocycles. The van der Waals surface area contributed by atoms with E-state index in [4.69, 9.17) is 4.74 Å². The highest BCUT2D eigenvalue weighted by Crippen LogP contribution is 2.27. The van der Waals surface area contributed by atoms with E-state index in [0.29, 0.717) is 17.0 Å². The van der Waals surface area contributed by atoms with E-state index in [1.54, 1.807) is 25.4 Å². The van der Waals surface area contributed by atoms with E-state index in [2.05, 4.69) is 4.98 Å². The highest BCUT2D eigenvalue weighted by Gasteiger charge is 2.15. The number of ether oxygens (including phenoxy) is 1. The molecule has 98 valence electrons. The number of methoxy groups -OCH3 is 1. The molecule has 0 fully saturated rings. The van der Waals surface area contributed by atoms with Gasteiger partial charge in [-0.2, -0.15) is 0 Å². The average Bonchev–Trinajstić information content (AvgIpc) is 2.54. The Morgan fingerprint density at radius 2 is 1.60 bits per heavy atom. The molecule has 0 aliphatic carbocycles. The van der Waals surface area contributed by atoms with Crippen molar-refractivity contribution < 1.29 is 9.53 Å². The Bertz CT molecular complexity index is 766. The second-order valence-corrected chi connectivity index (χ2v) is 4.42. The van der Waals surface area contributed by atoms with E-state index in [-0.39, 0.29) is 5.78 Å². The molecule has 1 heterocycles. The molecule has 0 atom stereocenters. The summed E-state index contributed by atoms with van der Waals surface area (Å²) in [6.07, 6.45) is 1.58. The first-order chi connectivity index (χ1) is 9.81. The molecule has 0 saturated heterocycles. The molecule has 0 unspecified atom stereocenters. The van der Waals surface area contributed by atoms with Gasteiger partial charge in [-0.15, -0.1) is 0 Å². The molecule has 0 bridgehead atoms. The van der Waals surface area contributed by atoms with Crippen LogP contribution in [0.5, 0.6) is 5.88 Å². The van der Waals surface area contributed by atoms with E-state index in [9.17, 15) is 4.79 Å². The van der Waals surface area contributed by atoms with Crippen molar-refractivity contribution in [3.63, 3.8) is 0 Å². The Morgan fingerprint density at radius 1 is 0.950 bits per heavy atom. The van der Waals surface area contributed by atoms with Gasteiger partial charge in [-0.3, -0.25) is 4.79 Å². The molecule has 0 spiro atoms. The van der Waals surface area contributed by atoms with Crippen molar-refractivity contribution in [1.82, 2.24) is 4.98 Å². The fourth-order valence-electron chi connectivity index (χ4n) is 2.26. The molecule has 1 aromatic heterocycles. The van der Waals surface area contributed by atoms with Crippen LogP contribution in [0.4, 0.5) is 0 Å². The number of benzene rings is 2. The van der Waals surface area contributed by atoms with Crippen molar-refractivity contribution in [2.75, 3.05) is 7.11 Å². The predicted octanol–water partition coefficient (Wildman–Crippen LogP) is 3.47. The summed E-state index contributed by atoms with van der Waals surface area (Å²) in [5, 5.41) is 1.70. The van der Waals surface area contributed by atoms with Crippen LogP contribution in [0.3, 0.4) is 0 Å². The lowest BCUT2D eigenvalue weighted by molar-refractivity contribution is 0.104. The van der Waals surface area contributed by atoms with Gasteiger partial charge in [0.25, 0.3) is 0 Å². The number of carbonyl (C=O) groups is 1. The second-order valence-electron chi connectivity index (χ2n) is 4.42. The van der Waals surface area contributed by atoms with E-state index < -0.39 is 0 Å². The first-order valence-electron chi connectivity index (χ1n) is 6.33. The van der Waals surface area contributed by atoms with Crippen molar-refractivity contribution in [3.05, 3.63) is 71.9 Å². The molecule has 0 radical (unpaired) electrons. The molecule has 20 heavy (non-hydrogen) atoms. The lowest BCUT2D eigenvalue weighted by Crippen LogP contribution is -2.03. The van der Waals surface area contributed by atoms with Crippen molar-refractivity contribution in [2.24, 2.45) is 0 Å². The zero-order valence-electron chi connectivity index (χ0n) is 11.0. The van der Waals surface area contributed by atoms with Gasteiger partial charge in [0.1, 0.15) is 0 Å². The molecule has 0 aliphatic rings. The van der Waals surface area contributed by atoms with Crippen molar-refractivity contribution in [1.29, 1.82) is 0 Å². The second kappa shape index (κ2) is 5.13. The van der Waals surface area contributed by atoms with Crippen molar-refractivity contribution in [2.45, 2.75) is 0 Å². The first kappa shape index (κ1) is 12.4. The predicted molar refractivity (Wildman–Crippen MR) is 78.2 cm³/mol. The third-order valence-corrected chi connectivity index (χ3v) is 3.23. The Hall–Kier alpha value is -2.68. The van der Waals surface area contributed by atoms with Gasteiger partial charge in [0.05, 0.1) is 7.11 Å². The van der Waals surface area contributed by atoms with Crippen molar-refractivity contribution >= 4 is 16.6 Å². The van der Waals surface area contributed by atoms with Crippen LogP contribution in [0.15, 0.2) is 60.8 Å². The molecular formula is C17H13NO2. The SMILES string of the molecule is COc1ncc(C(=O)c2ccccc2)c2ccccc12. The molecule has 0 N–H and O–H groups in total. The molecule has 3 aromatic rings. The summed E-state index contributed by atoms with van der Waals surface area (Å²) >= 11 is 0. The number of fused-ring (bicyclic) bond motifs is 1. The maximum absolute atomic E-state index is 12.6. The summed E-state index contributed by atoms with van der Waals surface area (Å²) in [4.78, 5) is 16.8. The minimum Gasteiger partial charge on any atom is -0.481 e. The number of pyridine rings is 1. The van der Waals surface area contributed by atoms with Crippen LogP contribution in [0.2, 0.25) is 0 Å². The smallest absolute Gasteiger partial charge is 0.221 e. The molecule has 3 heteroatoms. The Kier molecular flexibility index (Phi) is 3.17. The van der Waals surface area contributed by atoms with Gasteiger partial charge in [-0.25, -0.2) is 4.98 Å². The van der Waals surface area contributed by atoms with Crippen LogP contribution < -0.4 is 4.74 Å². The first-order valence-corrected chi connectivity index (χ1v) is 6.33. The third kappa shape index (κ3) is 2.03. The summed E-state index contributed by atoms with van der Waals surface area (Å²) in [5.74, 6) is 0.502. The molecule has 0 saturated carbocycles. The van der Waals surface area contributed by atoms with E-state index in [1.165, 1.54) is 0 Å². The minimum atomic E-state index is -0.0306. The lowest BCUT2D eigenvalue weighted by Gasteiger charge is -2.08. The quantitative estimate of drug-likeness (QED) is 0.679. The molecule has 3 nitrogen and oxygen atoms in total. The van der Waals surface area contributed by atoms with Crippen LogP contribution in [-0.4, -0.2) is 17.9 Å². The number of nitrogens with zero attached hydrogens (tertiary/aromatic N) is 1. The van der Waals surface area contributed by atoms with Gasteiger partial charge in [0.2, 0.25) is 5.88 Å². The number of hydrogen-bond acceptors (Lipinski definition) is 3. The molecule has 3 rings (SSSR count). The van der Waals surface area contributed by atoms with Crippen LogP contribution in [0.1, 0.15) is 15.9 Å². The maximum atomic E-state index is 12.6. The topological polar surface area (TPSA) is 39.2 Å². The van der Waals surface area contributed by atoms with Crippen LogP contribution in [0, 0.1) is 0 Å². The van der Waals surface area contributed by atoms with E-state index in [0.717, 1.165) is 10.8 Å². The highest BCUT2D eigenvalue weighted by atomic mass is 16.5. The highest BCUT2D eigenvalue weighted by molar-refractivity contribution is 6.16. The average molecular weight is 263 g/mol. The van der Waals surface area contributed by atoms with Crippen LogP contribution >= 0.6 is 0 Å². The summed E-state index contributed by atoms with van der Waals surface area (Å²) in [6, 6.07) is 16.8. The normalized spacial score (nSPS) is 10.4. The summed E-state index contributed by atoms with van der Waals surface area (Å²) in [7, 11) is 1.58. The third-order valence-electron chi connectivity index (χ3n) is 3.23. The zero-order valence-corrected chi connectivity index (χ0v) is 11.0. The maximum Gasteiger partial charge on any atom is 0.221 e.